The molecule has 0 aromatic heterocycles. The largest absolute Gasteiger partial charge is 0.481 e. The van der Waals surface area contributed by atoms with E-state index in [0.29, 0.717) is 6.42 Å². The molecule has 0 aliphatic carbocycles. The van der Waals surface area contributed by atoms with Gasteiger partial charge >= 0.3 is 5.97 Å². The maximum absolute atomic E-state index is 10.2. The highest BCUT2D eigenvalue weighted by molar-refractivity contribution is 5.66. The summed E-state index contributed by atoms with van der Waals surface area (Å²) in [6.45, 7) is 2.17. The zero-order valence-electron chi connectivity index (χ0n) is 9.04. The molecule has 0 spiro atoms. The second kappa shape index (κ2) is 9.00. The molecule has 0 aromatic carbocycles. The van der Waals surface area contributed by atoms with E-state index in [0.717, 1.165) is 19.3 Å². The van der Waals surface area contributed by atoms with E-state index in [1.165, 1.54) is 19.3 Å². The number of hydrogen-bond acceptors (Lipinski definition) is 2. The highest BCUT2D eigenvalue weighted by Gasteiger charge is 2.06. The van der Waals surface area contributed by atoms with Crippen molar-refractivity contribution in [2.24, 2.45) is 0 Å². The van der Waals surface area contributed by atoms with Crippen LogP contribution in [0.5, 0.6) is 0 Å². The van der Waals surface area contributed by atoms with Crippen molar-refractivity contribution < 1.29 is 15.0 Å². The maximum atomic E-state index is 10.2. The first-order valence-corrected chi connectivity index (χ1v) is 5.56. The Balaban J connectivity index is 3.18. The lowest BCUT2D eigenvalue weighted by molar-refractivity contribution is -0.137. The number of carboxylic acid groups (broad SMARTS) is 1. The Morgan fingerprint density at radius 3 is 2.36 bits per heavy atom. The Labute approximate surface area is 86.1 Å². The average Bonchev–Trinajstić information content (AvgIpc) is 2.14. The van der Waals surface area contributed by atoms with Crippen LogP contribution >= 0.6 is 0 Å². The summed E-state index contributed by atoms with van der Waals surface area (Å²) in [4.78, 5) is 10.2. The van der Waals surface area contributed by atoms with Gasteiger partial charge in [-0.15, -0.1) is 0 Å². The Hall–Kier alpha value is -0.570. The SMILES string of the molecule is CCCCCCC[C@H](O)CCC(=O)O. The molecule has 0 amide bonds. The molecule has 0 heterocycles. The molecule has 84 valence electrons. The quantitative estimate of drug-likeness (QED) is 0.565. The Kier molecular flexibility index (Phi) is 8.64. The van der Waals surface area contributed by atoms with Crippen LogP contribution in [0.25, 0.3) is 0 Å². The van der Waals surface area contributed by atoms with Gasteiger partial charge in [-0.3, -0.25) is 4.79 Å². The molecule has 3 heteroatoms. The second-order valence-electron chi connectivity index (χ2n) is 3.79. The van der Waals surface area contributed by atoms with Gasteiger partial charge in [-0.05, 0) is 12.8 Å². The molecule has 0 saturated carbocycles. The number of carbonyl (C=O) groups is 1. The van der Waals surface area contributed by atoms with E-state index in [1.807, 2.05) is 0 Å². The third-order valence-corrected chi connectivity index (χ3v) is 2.33. The minimum Gasteiger partial charge on any atom is -0.481 e. The molecular formula is C11H22O3. The lowest BCUT2D eigenvalue weighted by atomic mass is 10.1. The molecule has 0 unspecified atom stereocenters. The third-order valence-electron chi connectivity index (χ3n) is 2.33. The highest BCUT2D eigenvalue weighted by atomic mass is 16.4. The zero-order chi connectivity index (χ0) is 10.8. The van der Waals surface area contributed by atoms with Crippen molar-refractivity contribution in [3.63, 3.8) is 0 Å². The summed E-state index contributed by atoms with van der Waals surface area (Å²) >= 11 is 0. The van der Waals surface area contributed by atoms with Gasteiger partial charge in [-0.2, -0.15) is 0 Å². The summed E-state index contributed by atoms with van der Waals surface area (Å²) in [7, 11) is 0. The summed E-state index contributed by atoms with van der Waals surface area (Å²) < 4.78 is 0. The number of unbranched alkanes of at least 4 members (excludes halogenated alkanes) is 4. The number of rotatable bonds is 9. The number of aliphatic hydroxyl groups excluding tert-OH is 1. The third kappa shape index (κ3) is 9.52. The van der Waals surface area contributed by atoms with E-state index in [2.05, 4.69) is 6.92 Å². The van der Waals surface area contributed by atoms with E-state index in [4.69, 9.17) is 5.11 Å². The first-order chi connectivity index (χ1) is 6.66. The molecular weight excluding hydrogens is 180 g/mol. The topological polar surface area (TPSA) is 57.5 Å². The smallest absolute Gasteiger partial charge is 0.303 e. The van der Waals surface area contributed by atoms with Gasteiger partial charge in [0.1, 0.15) is 0 Å². The Morgan fingerprint density at radius 1 is 1.14 bits per heavy atom. The fourth-order valence-corrected chi connectivity index (χ4v) is 1.42. The normalized spacial score (nSPS) is 12.7. The Bertz CT molecular complexity index is 145. The molecule has 0 radical (unpaired) electrons. The second-order valence-corrected chi connectivity index (χ2v) is 3.79. The van der Waals surface area contributed by atoms with Crippen molar-refractivity contribution in [2.45, 2.75) is 64.4 Å². The molecule has 2 N–H and O–H groups in total. The number of carboxylic acids is 1. The van der Waals surface area contributed by atoms with Crippen LogP contribution in [0.3, 0.4) is 0 Å². The van der Waals surface area contributed by atoms with Crippen molar-refractivity contribution in [2.75, 3.05) is 0 Å². The lowest BCUT2D eigenvalue weighted by Gasteiger charge is -2.08. The molecule has 0 fully saturated rings. The van der Waals surface area contributed by atoms with Gasteiger partial charge in [0, 0.05) is 6.42 Å². The fourth-order valence-electron chi connectivity index (χ4n) is 1.42. The molecule has 0 aliphatic rings. The lowest BCUT2D eigenvalue weighted by Crippen LogP contribution is -2.09. The minimum atomic E-state index is -0.824. The molecule has 14 heavy (non-hydrogen) atoms. The highest BCUT2D eigenvalue weighted by Crippen LogP contribution is 2.10. The van der Waals surface area contributed by atoms with Gasteiger partial charge in [-0.1, -0.05) is 39.0 Å². The summed E-state index contributed by atoms with van der Waals surface area (Å²) in [6.07, 6.45) is 6.66. The van der Waals surface area contributed by atoms with Crippen molar-refractivity contribution in [1.29, 1.82) is 0 Å². The maximum Gasteiger partial charge on any atom is 0.303 e. The van der Waals surface area contributed by atoms with Gasteiger partial charge in [0.2, 0.25) is 0 Å². The van der Waals surface area contributed by atoms with Crippen LogP contribution in [0.4, 0.5) is 0 Å². The van der Waals surface area contributed by atoms with E-state index in [-0.39, 0.29) is 6.42 Å². The van der Waals surface area contributed by atoms with E-state index >= 15 is 0 Å². The standard InChI is InChI=1S/C11H22O3/c1-2-3-4-5-6-7-10(12)8-9-11(13)14/h10,12H,2-9H2,1H3,(H,13,14)/t10-/m0/s1. The van der Waals surface area contributed by atoms with Crippen molar-refractivity contribution >= 4 is 5.97 Å². The van der Waals surface area contributed by atoms with Crippen molar-refractivity contribution in [3.8, 4) is 0 Å². The number of aliphatic carboxylic acids is 1. The van der Waals surface area contributed by atoms with E-state index in [1.54, 1.807) is 0 Å². The minimum absolute atomic E-state index is 0.0795. The van der Waals surface area contributed by atoms with Crippen molar-refractivity contribution in [1.82, 2.24) is 0 Å². The summed E-state index contributed by atoms with van der Waals surface area (Å²) in [5, 5.41) is 17.8. The van der Waals surface area contributed by atoms with Gasteiger partial charge in [0.05, 0.1) is 6.10 Å². The first kappa shape index (κ1) is 13.4. The first-order valence-electron chi connectivity index (χ1n) is 5.56. The van der Waals surface area contributed by atoms with Crippen LogP contribution in [-0.4, -0.2) is 22.3 Å². The van der Waals surface area contributed by atoms with Crippen LogP contribution in [-0.2, 0) is 4.79 Å². The monoisotopic (exact) mass is 202 g/mol. The molecule has 0 aromatic rings. The van der Waals surface area contributed by atoms with E-state index < -0.39 is 12.1 Å². The number of aliphatic hydroxyl groups is 1. The molecule has 1 atom stereocenters. The van der Waals surface area contributed by atoms with Crippen LogP contribution < -0.4 is 0 Å². The predicted molar refractivity (Wildman–Crippen MR) is 56.3 cm³/mol. The van der Waals surface area contributed by atoms with Gasteiger partial charge in [0.25, 0.3) is 0 Å². The zero-order valence-corrected chi connectivity index (χ0v) is 9.04. The van der Waals surface area contributed by atoms with Crippen LogP contribution in [0.15, 0.2) is 0 Å². The summed E-state index contributed by atoms with van der Waals surface area (Å²) in [5.74, 6) is -0.824. The predicted octanol–water partition coefficient (Wildman–Crippen LogP) is 2.57. The van der Waals surface area contributed by atoms with Crippen LogP contribution in [0, 0.1) is 0 Å². The molecule has 0 aliphatic heterocycles. The van der Waals surface area contributed by atoms with E-state index in [9.17, 15) is 9.90 Å². The summed E-state index contributed by atoms with van der Waals surface area (Å²) in [5.41, 5.74) is 0. The molecule has 3 nitrogen and oxygen atoms in total. The fraction of sp³-hybridized carbons (Fsp3) is 0.909. The van der Waals surface area contributed by atoms with Crippen molar-refractivity contribution in [3.05, 3.63) is 0 Å². The molecule has 0 saturated heterocycles. The van der Waals surface area contributed by atoms with Crippen LogP contribution in [0.1, 0.15) is 58.3 Å². The number of hydrogen-bond donors (Lipinski definition) is 2. The van der Waals surface area contributed by atoms with Gasteiger partial charge in [-0.25, -0.2) is 0 Å². The van der Waals surface area contributed by atoms with Crippen LogP contribution in [0.2, 0.25) is 0 Å². The van der Waals surface area contributed by atoms with Gasteiger partial charge < -0.3 is 10.2 Å². The molecule has 0 bridgehead atoms. The Morgan fingerprint density at radius 2 is 1.79 bits per heavy atom. The van der Waals surface area contributed by atoms with Gasteiger partial charge in [0.15, 0.2) is 0 Å². The molecule has 0 rings (SSSR count). The average molecular weight is 202 g/mol. The summed E-state index contributed by atoms with van der Waals surface area (Å²) in [6, 6.07) is 0.